The van der Waals surface area contributed by atoms with Crippen LogP contribution in [0.1, 0.15) is 38.5 Å². The maximum absolute atomic E-state index is 11.8. The van der Waals surface area contributed by atoms with Crippen LogP contribution in [0.25, 0.3) is 0 Å². The lowest BCUT2D eigenvalue weighted by Gasteiger charge is -2.27. The Bertz CT molecular complexity index is 233. The van der Waals surface area contributed by atoms with Crippen LogP contribution >= 0.6 is 0 Å². The quantitative estimate of drug-likeness (QED) is 0.760. The van der Waals surface area contributed by atoms with E-state index in [1.807, 2.05) is 0 Å². The van der Waals surface area contributed by atoms with Gasteiger partial charge in [0.2, 0.25) is 5.91 Å². The van der Waals surface area contributed by atoms with Crippen LogP contribution in [0.2, 0.25) is 0 Å². The molecule has 0 bridgehead atoms. The number of carbonyl (C=O) groups is 1. The number of hydrogen-bond donors (Lipinski definition) is 2. The summed E-state index contributed by atoms with van der Waals surface area (Å²) in [6, 6.07) is 0.0603. The fourth-order valence-electron chi connectivity index (χ4n) is 2.72. The van der Waals surface area contributed by atoms with Crippen molar-refractivity contribution >= 4 is 5.91 Å². The van der Waals surface area contributed by atoms with Crippen molar-refractivity contribution < 1.29 is 4.79 Å². The second kappa shape index (κ2) is 6.97. The minimum atomic E-state index is 0.0603. The van der Waals surface area contributed by atoms with Gasteiger partial charge in [-0.15, -0.1) is 0 Å². The summed E-state index contributed by atoms with van der Waals surface area (Å²) in [5, 5.41) is 6.34. The van der Waals surface area contributed by atoms with Crippen molar-refractivity contribution in [1.82, 2.24) is 15.5 Å². The molecule has 2 fully saturated rings. The standard InChI is InChI=1S/C13H25N3O/c17-13(12-6-2-3-7-14-12)15-8-11-16-9-4-1-5-10-16/h12,14H,1-11H2,(H,15,17)/t12-/m1/s1. The van der Waals surface area contributed by atoms with Gasteiger partial charge in [-0.3, -0.25) is 4.79 Å². The van der Waals surface area contributed by atoms with Crippen molar-refractivity contribution in [2.24, 2.45) is 0 Å². The molecule has 1 atom stereocenters. The molecule has 4 nitrogen and oxygen atoms in total. The zero-order valence-electron chi connectivity index (χ0n) is 10.7. The van der Waals surface area contributed by atoms with Crippen LogP contribution in [0, 0.1) is 0 Å². The van der Waals surface area contributed by atoms with Gasteiger partial charge in [0, 0.05) is 13.1 Å². The Morgan fingerprint density at radius 1 is 1.18 bits per heavy atom. The molecule has 0 saturated carbocycles. The first kappa shape index (κ1) is 12.8. The van der Waals surface area contributed by atoms with Crippen molar-refractivity contribution in [2.45, 2.75) is 44.6 Å². The average molecular weight is 239 g/mol. The summed E-state index contributed by atoms with van der Waals surface area (Å²) in [4.78, 5) is 14.3. The number of rotatable bonds is 4. The molecule has 0 radical (unpaired) electrons. The minimum absolute atomic E-state index is 0.0603. The van der Waals surface area contributed by atoms with Gasteiger partial charge in [-0.25, -0.2) is 0 Å². The zero-order valence-corrected chi connectivity index (χ0v) is 10.7. The number of likely N-dealkylation sites (tertiary alicyclic amines) is 1. The smallest absolute Gasteiger partial charge is 0.237 e. The lowest BCUT2D eigenvalue weighted by atomic mass is 10.0. The van der Waals surface area contributed by atoms with Gasteiger partial charge < -0.3 is 15.5 Å². The van der Waals surface area contributed by atoms with E-state index in [2.05, 4.69) is 15.5 Å². The molecule has 0 aromatic carbocycles. The summed E-state index contributed by atoms with van der Waals surface area (Å²) in [5.74, 6) is 0.196. The third-order valence-corrected chi connectivity index (χ3v) is 3.80. The molecular formula is C13H25N3O. The van der Waals surface area contributed by atoms with Gasteiger partial charge in [0.05, 0.1) is 6.04 Å². The van der Waals surface area contributed by atoms with E-state index in [1.165, 1.54) is 45.2 Å². The highest BCUT2D eigenvalue weighted by Gasteiger charge is 2.20. The van der Waals surface area contributed by atoms with E-state index < -0.39 is 0 Å². The number of nitrogens with zero attached hydrogens (tertiary/aromatic N) is 1. The highest BCUT2D eigenvalue weighted by atomic mass is 16.2. The molecule has 0 aliphatic carbocycles. The second-order valence-electron chi connectivity index (χ2n) is 5.20. The van der Waals surface area contributed by atoms with Crippen LogP contribution < -0.4 is 10.6 Å². The van der Waals surface area contributed by atoms with Crippen molar-refractivity contribution in [3.05, 3.63) is 0 Å². The molecule has 2 saturated heterocycles. The number of hydrogen-bond acceptors (Lipinski definition) is 3. The molecule has 2 rings (SSSR count). The summed E-state index contributed by atoms with van der Waals surface area (Å²) in [5.41, 5.74) is 0. The summed E-state index contributed by atoms with van der Waals surface area (Å²) in [6.45, 7) is 5.22. The fourth-order valence-corrected chi connectivity index (χ4v) is 2.72. The monoisotopic (exact) mass is 239 g/mol. The SMILES string of the molecule is O=C(NCCN1CCCCC1)[C@H]1CCCCN1. The van der Waals surface area contributed by atoms with E-state index in [0.717, 1.165) is 26.1 Å². The van der Waals surface area contributed by atoms with E-state index in [4.69, 9.17) is 0 Å². The zero-order chi connectivity index (χ0) is 11.9. The normalized spacial score (nSPS) is 26.7. The van der Waals surface area contributed by atoms with Gasteiger partial charge in [-0.1, -0.05) is 12.8 Å². The second-order valence-corrected chi connectivity index (χ2v) is 5.20. The first-order valence-corrected chi connectivity index (χ1v) is 7.10. The molecule has 0 unspecified atom stereocenters. The molecule has 2 aliphatic heterocycles. The molecule has 98 valence electrons. The predicted octanol–water partition coefficient (Wildman–Crippen LogP) is 0.731. The van der Waals surface area contributed by atoms with Crippen LogP contribution in [0.4, 0.5) is 0 Å². The van der Waals surface area contributed by atoms with E-state index in [-0.39, 0.29) is 11.9 Å². The van der Waals surface area contributed by atoms with Crippen LogP contribution in [0.5, 0.6) is 0 Å². The maximum atomic E-state index is 11.8. The van der Waals surface area contributed by atoms with Crippen molar-refractivity contribution in [3.8, 4) is 0 Å². The van der Waals surface area contributed by atoms with Gasteiger partial charge in [0.25, 0.3) is 0 Å². The molecule has 2 heterocycles. The molecule has 2 aliphatic rings. The number of carbonyl (C=O) groups excluding carboxylic acids is 1. The molecule has 2 N–H and O–H groups in total. The van der Waals surface area contributed by atoms with Gasteiger partial charge in [0.1, 0.15) is 0 Å². The maximum Gasteiger partial charge on any atom is 0.237 e. The Balaban J connectivity index is 1.58. The lowest BCUT2D eigenvalue weighted by Crippen LogP contribution is -2.48. The first-order chi connectivity index (χ1) is 8.36. The number of nitrogens with one attached hydrogen (secondary N) is 2. The largest absolute Gasteiger partial charge is 0.353 e. The minimum Gasteiger partial charge on any atom is -0.353 e. The third kappa shape index (κ3) is 4.28. The summed E-state index contributed by atoms with van der Waals surface area (Å²) >= 11 is 0. The van der Waals surface area contributed by atoms with Gasteiger partial charge in [-0.05, 0) is 45.3 Å². The van der Waals surface area contributed by atoms with Crippen LogP contribution in [0.3, 0.4) is 0 Å². The van der Waals surface area contributed by atoms with Gasteiger partial charge in [0.15, 0.2) is 0 Å². The molecule has 0 aromatic rings. The molecule has 0 aromatic heterocycles. The van der Waals surface area contributed by atoms with Crippen molar-refractivity contribution in [2.75, 3.05) is 32.7 Å². The van der Waals surface area contributed by atoms with E-state index in [1.54, 1.807) is 0 Å². The number of piperidine rings is 2. The molecule has 0 spiro atoms. The van der Waals surface area contributed by atoms with Crippen LogP contribution in [0.15, 0.2) is 0 Å². The Morgan fingerprint density at radius 3 is 2.71 bits per heavy atom. The van der Waals surface area contributed by atoms with Gasteiger partial charge >= 0.3 is 0 Å². The summed E-state index contributed by atoms with van der Waals surface area (Å²) < 4.78 is 0. The van der Waals surface area contributed by atoms with Crippen LogP contribution in [-0.2, 0) is 4.79 Å². The molecule has 1 amide bonds. The van der Waals surface area contributed by atoms with E-state index in [9.17, 15) is 4.79 Å². The van der Waals surface area contributed by atoms with Crippen molar-refractivity contribution in [3.63, 3.8) is 0 Å². The van der Waals surface area contributed by atoms with E-state index >= 15 is 0 Å². The molecular weight excluding hydrogens is 214 g/mol. The summed E-state index contributed by atoms with van der Waals surface area (Å²) in [7, 11) is 0. The lowest BCUT2D eigenvalue weighted by molar-refractivity contribution is -0.123. The van der Waals surface area contributed by atoms with Gasteiger partial charge in [-0.2, -0.15) is 0 Å². The predicted molar refractivity (Wildman–Crippen MR) is 68.9 cm³/mol. The highest BCUT2D eigenvalue weighted by molar-refractivity contribution is 5.81. The third-order valence-electron chi connectivity index (χ3n) is 3.80. The van der Waals surface area contributed by atoms with Crippen LogP contribution in [-0.4, -0.2) is 49.6 Å². The Hall–Kier alpha value is -0.610. The Morgan fingerprint density at radius 2 is 2.00 bits per heavy atom. The molecule has 17 heavy (non-hydrogen) atoms. The summed E-state index contributed by atoms with van der Waals surface area (Å²) in [6.07, 6.45) is 7.38. The highest BCUT2D eigenvalue weighted by Crippen LogP contribution is 2.08. The Kier molecular flexibility index (Phi) is 5.26. The molecule has 4 heteroatoms. The van der Waals surface area contributed by atoms with E-state index in [0.29, 0.717) is 0 Å². The first-order valence-electron chi connectivity index (χ1n) is 7.10. The number of amides is 1. The topological polar surface area (TPSA) is 44.4 Å². The Labute approximate surface area is 104 Å². The average Bonchev–Trinajstić information content (AvgIpc) is 2.41. The van der Waals surface area contributed by atoms with Crippen molar-refractivity contribution in [1.29, 1.82) is 0 Å². The fraction of sp³-hybridized carbons (Fsp3) is 0.923.